The first kappa shape index (κ1) is 19.6. The summed E-state index contributed by atoms with van der Waals surface area (Å²) in [6, 6.07) is 22.0. The van der Waals surface area contributed by atoms with Crippen LogP contribution in [0.15, 0.2) is 82.7 Å². The third-order valence-electron chi connectivity index (χ3n) is 4.96. The summed E-state index contributed by atoms with van der Waals surface area (Å²) in [6.45, 7) is 5.20. The second-order valence-corrected chi connectivity index (χ2v) is 7.40. The number of aromatic nitrogens is 2. The standard InChI is InChI=1S/C25H24N4O/c1-18-6-10-20(11-7-18)15-26-17-22-24(27-16-21-12-8-19(2)9-13-21)28-23-5-3-4-14-29(23)25(22)30/h3-14,17,27H,15-16H2,1-2H3. The molecular formula is C25H24N4O. The van der Waals surface area contributed by atoms with Crippen molar-refractivity contribution in [2.45, 2.75) is 26.9 Å². The molecule has 0 bridgehead atoms. The van der Waals surface area contributed by atoms with Crippen LogP contribution in [0.3, 0.4) is 0 Å². The van der Waals surface area contributed by atoms with Crippen molar-refractivity contribution < 1.29 is 0 Å². The Morgan fingerprint density at radius 2 is 1.60 bits per heavy atom. The lowest BCUT2D eigenvalue weighted by Crippen LogP contribution is -2.22. The Bertz CT molecular complexity index is 1240. The van der Waals surface area contributed by atoms with E-state index in [9.17, 15) is 4.79 Å². The van der Waals surface area contributed by atoms with Gasteiger partial charge in [0.15, 0.2) is 0 Å². The molecule has 0 amide bonds. The van der Waals surface area contributed by atoms with E-state index in [1.807, 2.05) is 18.2 Å². The number of benzene rings is 2. The van der Waals surface area contributed by atoms with Gasteiger partial charge in [0, 0.05) is 19.0 Å². The van der Waals surface area contributed by atoms with Crippen LogP contribution in [0, 0.1) is 13.8 Å². The number of fused-ring (bicyclic) bond motifs is 1. The molecule has 0 aliphatic carbocycles. The van der Waals surface area contributed by atoms with E-state index in [-0.39, 0.29) is 5.56 Å². The fourth-order valence-electron chi connectivity index (χ4n) is 3.18. The number of aliphatic imine (C=N–C) groups is 1. The van der Waals surface area contributed by atoms with Crippen LogP contribution in [-0.4, -0.2) is 15.6 Å². The molecule has 0 fully saturated rings. The summed E-state index contributed by atoms with van der Waals surface area (Å²) in [5.41, 5.74) is 5.56. The zero-order chi connectivity index (χ0) is 20.9. The number of nitrogens with zero attached hydrogens (tertiary/aromatic N) is 3. The number of rotatable bonds is 6. The van der Waals surface area contributed by atoms with Gasteiger partial charge in [-0.25, -0.2) is 4.98 Å². The molecule has 0 aliphatic rings. The van der Waals surface area contributed by atoms with E-state index in [1.165, 1.54) is 11.1 Å². The van der Waals surface area contributed by atoms with E-state index >= 15 is 0 Å². The van der Waals surface area contributed by atoms with Gasteiger partial charge in [-0.1, -0.05) is 65.7 Å². The minimum absolute atomic E-state index is 0.139. The van der Waals surface area contributed by atoms with Crippen molar-refractivity contribution in [1.82, 2.24) is 9.38 Å². The molecule has 150 valence electrons. The monoisotopic (exact) mass is 396 g/mol. The van der Waals surface area contributed by atoms with Gasteiger partial charge in [-0.05, 0) is 37.1 Å². The number of hydrogen-bond donors (Lipinski definition) is 1. The van der Waals surface area contributed by atoms with E-state index in [4.69, 9.17) is 0 Å². The van der Waals surface area contributed by atoms with Crippen molar-refractivity contribution in [3.05, 3.63) is 111 Å². The highest BCUT2D eigenvalue weighted by atomic mass is 16.1. The van der Waals surface area contributed by atoms with Crippen molar-refractivity contribution in [2.24, 2.45) is 4.99 Å². The fraction of sp³-hybridized carbons (Fsp3) is 0.160. The van der Waals surface area contributed by atoms with Crippen molar-refractivity contribution in [3.8, 4) is 0 Å². The quantitative estimate of drug-likeness (QED) is 0.487. The molecular weight excluding hydrogens is 372 g/mol. The van der Waals surface area contributed by atoms with Crippen LogP contribution in [0.1, 0.15) is 27.8 Å². The minimum Gasteiger partial charge on any atom is -0.365 e. The Morgan fingerprint density at radius 1 is 0.933 bits per heavy atom. The Morgan fingerprint density at radius 3 is 2.30 bits per heavy atom. The van der Waals surface area contributed by atoms with Gasteiger partial charge in [0.05, 0.1) is 6.54 Å². The Kier molecular flexibility index (Phi) is 5.70. The maximum absolute atomic E-state index is 13.1. The lowest BCUT2D eigenvalue weighted by atomic mass is 10.1. The molecule has 5 heteroatoms. The SMILES string of the molecule is Cc1ccc(CN=Cc2c(NCc3ccc(C)cc3)nc3ccccn3c2=O)cc1. The van der Waals surface area contributed by atoms with Crippen LogP contribution in [0.4, 0.5) is 5.82 Å². The molecule has 0 saturated carbocycles. The molecule has 5 nitrogen and oxygen atoms in total. The van der Waals surface area contributed by atoms with Crippen LogP contribution < -0.4 is 10.9 Å². The lowest BCUT2D eigenvalue weighted by Gasteiger charge is -2.11. The number of anilines is 1. The second-order valence-electron chi connectivity index (χ2n) is 7.40. The predicted octanol–water partition coefficient (Wildman–Crippen LogP) is 4.54. The van der Waals surface area contributed by atoms with Gasteiger partial charge in [-0.3, -0.25) is 14.2 Å². The maximum atomic E-state index is 13.1. The largest absolute Gasteiger partial charge is 0.365 e. The Hall–Kier alpha value is -3.73. The zero-order valence-corrected chi connectivity index (χ0v) is 17.2. The molecule has 0 atom stereocenters. The van der Waals surface area contributed by atoms with Crippen molar-refractivity contribution in [1.29, 1.82) is 0 Å². The average Bonchev–Trinajstić information content (AvgIpc) is 2.76. The normalized spacial score (nSPS) is 11.3. The minimum atomic E-state index is -0.139. The third kappa shape index (κ3) is 4.46. The number of aryl methyl sites for hydroxylation is 2. The van der Waals surface area contributed by atoms with Gasteiger partial charge in [-0.15, -0.1) is 0 Å². The molecule has 0 unspecified atom stereocenters. The average molecular weight is 396 g/mol. The van der Waals surface area contributed by atoms with Gasteiger partial charge in [0.2, 0.25) is 0 Å². The molecule has 0 saturated heterocycles. The van der Waals surface area contributed by atoms with Crippen LogP contribution in [0.25, 0.3) is 5.65 Å². The summed E-state index contributed by atoms with van der Waals surface area (Å²) in [6.07, 6.45) is 3.36. The van der Waals surface area contributed by atoms with Crippen molar-refractivity contribution in [3.63, 3.8) is 0 Å². The molecule has 2 aromatic carbocycles. The highest BCUT2D eigenvalue weighted by molar-refractivity contribution is 5.86. The fourth-order valence-corrected chi connectivity index (χ4v) is 3.18. The smallest absolute Gasteiger partial charge is 0.268 e. The van der Waals surface area contributed by atoms with Crippen LogP contribution in [0.5, 0.6) is 0 Å². The second kappa shape index (κ2) is 8.74. The molecule has 2 aromatic heterocycles. The third-order valence-corrected chi connectivity index (χ3v) is 4.96. The van der Waals surface area contributed by atoms with Gasteiger partial charge in [-0.2, -0.15) is 0 Å². The van der Waals surface area contributed by atoms with E-state index < -0.39 is 0 Å². The molecule has 1 N–H and O–H groups in total. The summed E-state index contributed by atoms with van der Waals surface area (Å²) in [4.78, 5) is 22.3. The molecule has 4 aromatic rings. The molecule has 0 spiro atoms. The maximum Gasteiger partial charge on any atom is 0.268 e. The number of pyridine rings is 1. The molecule has 4 rings (SSSR count). The molecule has 0 aliphatic heterocycles. The van der Waals surface area contributed by atoms with Gasteiger partial charge in [0.25, 0.3) is 5.56 Å². The van der Waals surface area contributed by atoms with Crippen molar-refractivity contribution >= 4 is 17.7 Å². The van der Waals surface area contributed by atoms with E-state index in [0.29, 0.717) is 30.1 Å². The van der Waals surface area contributed by atoms with Gasteiger partial charge in [0.1, 0.15) is 17.0 Å². The van der Waals surface area contributed by atoms with E-state index in [2.05, 4.69) is 77.7 Å². The highest BCUT2D eigenvalue weighted by Crippen LogP contribution is 2.12. The predicted molar refractivity (Wildman–Crippen MR) is 122 cm³/mol. The van der Waals surface area contributed by atoms with Crippen LogP contribution >= 0.6 is 0 Å². The highest BCUT2D eigenvalue weighted by Gasteiger charge is 2.11. The first-order chi connectivity index (χ1) is 14.6. The Balaban J connectivity index is 1.64. The molecule has 30 heavy (non-hydrogen) atoms. The summed E-state index contributed by atoms with van der Waals surface area (Å²) < 4.78 is 1.55. The summed E-state index contributed by atoms with van der Waals surface area (Å²) >= 11 is 0. The summed E-state index contributed by atoms with van der Waals surface area (Å²) in [5.74, 6) is 0.541. The van der Waals surface area contributed by atoms with Gasteiger partial charge < -0.3 is 5.32 Å². The lowest BCUT2D eigenvalue weighted by molar-refractivity contribution is 1.01. The zero-order valence-electron chi connectivity index (χ0n) is 17.2. The molecule has 2 heterocycles. The summed E-state index contributed by atoms with van der Waals surface area (Å²) in [7, 11) is 0. The van der Waals surface area contributed by atoms with Crippen LogP contribution in [0.2, 0.25) is 0 Å². The van der Waals surface area contributed by atoms with Crippen molar-refractivity contribution in [2.75, 3.05) is 5.32 Å². The number of nitrogens with one attached hydrogen (secondary N) is 1. The van der Waals surface area contributed by atoms with E-state index in [0.717, 1.165) is 11.1 Å². The number of hydrogen-bond acceptors (Lipinski definition) is 4. The topological polar surface area (TPSA) is 58.8 Å². The Labute approximate surface area is 175 Å². The van der Waals surface area contributed by atoms with Gasteiger partial charge >= 0.3 is 0 Å². The molecule has 0 radical (unpaired) electrons. The summed E-state index contributed by atoms with van der Waals surface area (Å²) in [5, 5.41) is 3.32. The van der Waals surface area contributed by atoms with E-state index in [1.54, 1.807) is 16.8 Å². The first-order valence-corrected chi connectivity index (χ1v) is 9.96. The first-order valence-electron chi connectivity index (χ1n) is 9.96. The van der Waals surface area contributed by atoms with Crippen LogP contribution in [-0.2, 0) is 13.1 Å².